The molecule has 33 heavy (non-hydrogen) atoms. The highest BCUT2D eigenvalue weighted by atomic mass is 16.5. The van der Waals surface area contributed by atoms with Gasteiger partial charge in [-0.15, -0.1) is 0 Å². The van der Waals surface area contributed by atoms with Crippen LogP contribution in [0.4, 0.5) is 0 Å². The standard InChI is InChI=1S/C27H38N2O4/c1-19(2)16-28-26(31)20(3)29(17-21-9-8-10-24(15-21)32-7)25(30)18-33-23-13-11-22(12-14-23)27(4,5)6/h8-15,19-20H,16-18H2,1-7H3,(H,28,31). The first kappa shape index (κ1) is 26.2. The Kier molecular flexibility index (Phi) is 9.32. The quantitative estimate of drug-likeness (QED) is 0.571. The summed E-state index contributed by atoms with van der Waals surface area (Å²) in [6, 6.07) is 14.6. The molecule has 0 heterocycles. The second kappa shape index (κ2) is 11.7. The van der Waals surface area contributed by atoms with Crippen LogP contribution in [0.5, 0.6) is 11.5 Å². The van der Waals surface area contributed by atoms with E-state index in [2.05, 4.69) is 26.1 Å². The molecule has 0 aliphatic heterocycles. The first-order valence-electron chi connectivity index (χ1n) is 11.4. The highest BCUT2D eigenvalue weighted by molar-refractivity contribution is 5.88. The van der Waals surface area contributed by atoms with Crippen molar-refractivity contribution in [3.05, 3.63) is 59.7 Å². The van der Waals surface area contributed by atoms with Gasteiger partial charge in [-0.1, -0.05) is 58.9 Å². The van der Waals surface area contributed by atoms with Crippen LogP contribution in [0, 0.1) is 5.92 Å². The number of nitrogens with one attached hydrogen (secondary N) is 1. The third kappa shape index (κ3) is 8.12. The Hall–Kier alpha value is -3.02. The predicted octanol–water partition coefficient (Wildman–Crippen LogP) is 4.56. The Morgan fingerprint density at radius 3 is 2.24 bits per heavy atom. The van der Waals surface area contributed by atoms with E-state index in [0.29, 0.717) is 24.0 Å². The average Bonchev–Trinajstić information content (AvgIpc) is 2.78. The molecule has 1 atom stereocenters. The number of hydrogen-bond acceptors (Lipinski definition) is 4. The van der Waals surface area contributed by atoms with E-state index in [0.717, 1.165) is 5.56 Å². The van der Waals surface area contributed by atoms with Crippen LogP contribution in [-0.4, -0.2) is 43.0 Å². The lowest BCUT2D eigenvalue weighted by atomic mass is 9.87. The smallest absolute Gasteiger partial charge is 0.261 e. The summed E-state index contributed by atoms with van der Waals surface area (Å²) < 4.78 is 11.1. The van der Waals surface area contributed by atoms with E-state index in [1.165, 1.54) is 5.56 Å². The molecule has 0 aliphatic rings. The molecule has 2 aromatic rings. The van der Waals surface area contributed by atoms with Crippen molar-refractivity contribution >= 4 is 11.8 Å². The summed E-state index contributed by atoms with van der Waals surface area (Å²) >= 11 is 0. The normalized spacial score (nSPS) is 12.2. The minimum atomic E-state index is -0.644. The van der Waals surface area contributed by atoms with E-state index in [4.69, 9.17) is 9.47 Å². The van der Waals surface area contributed by atoms with E-state index >= 15 is 0 Å². The first-order chi connectivity index (χ1) is 15.5. The number of ether oxygens (including phenoxy) is 2. The van der Waals surface area contributed by atoms with Crippen molar-refractivity contribution in [3.63, 3.8) is 0 Å². The molecule has 0 bridgehead atoms. The minimum absolute atomic E-state index is 0.0423. The number of benzene rings is 2. The molecule has 2 rings (SSSR count). The van der Waals surface area contributed by atoms with E-state index in [1.54, 1.807) is 18.9 Å². The molecule has 0 aromatic heterocycles. The summed E-state index contributed by atoms with van der Waals surface area (Å²) in [5, 5.41) is 2.92. The van der Waals surface area contributed by atoms with Gasteiger partial charge in [0.05, 0.1) is 7.11 Å². The number of nitrogens with zero attached hydrogens (tertiary/aromatic N) is 1. The van der Waals surface area contributed by atoms with Crippen LogP contribution in [0.3, 0.4) is 0 Å². The molecule has 0 radical (unpaired) electrons. The molecule has 0 spiro atoms. The lowest BCUT2D eigenvalue weighted by molar-refractivity contribution is -0.142. The summed E-state index contributed by atoms with van der Waals surface area (Å²) in [4.78, 5) is 27.5. The zero-order valence-corrected chi connectivity index (χ0v) is 21.0. The van der Waals surface area contributed by atoms with Crippen molar-refractivity contribution in [1.29, 1.82) is 0 Å². The monoisotopic (exact) mass is 454 g/mol. The summed E-state index contributed by atoms with van der Waals surface area (Å²) in [5.74, 6) is 1.20. The number of carbonyl (C=O) groups excluding carboxylic acids is 2. The van der Waals surface area contributed by atoms with Gasteiger partial charge in [-0.2, -0.15) is 0 Å². The molecule has 2 amide bonds. The minimum Gasteiger partial charge on any atom is -0.497 e. The van der Waals surface area contributed by atoms with E-state index < -0.39 is 6.04 Å². The van der Waals surface area contributed by atoms with Crippen molar-refractivity contribution < 1.29 is 19.1 Å². The number of amides is 2. The van der Waals surface area contributed by atoms with Crippen molar-refractivity contribution in [1.82, 2.24) is 10.2 Å². The summed E-state index contributed by atoms with van der Waals surface area (Å²) in [6.07, 6.45) is 0. The molecular weight excluding hydrogens is 416 g/mol. The molecule has 0 saturated carbocycles. The Bertz CT molecular complexity index is 916. The predicted molar refractivity (Wildman–Crippen MR) is 131 cm³/mol. The maximum Gasteiger partial charge on any atom is 0.261 e. The lowest BCUT2D eigenvalue weighted by Gasteiger charge is -2.29. The fourth-order valence-electron chi connectivity index (χ4n) is 3.28. The van der Waals surface area contributed by atoms with Crippen molar-refractivity contribution in [2.24, 2.45) is 5.92 Å². The number of methoxy groups -OCH3 is 1. The summed E-state index contributed by atoms with van der Waals surface area (Å²) in [6.45, 7) is 12.9. The highest BCUT2D eigenvalue weighted by Gasteiger charge is 2.26. The van der Waals surface area contributed by atoms with Gasteiger partial charge in [0, 0.05) is 13.1 Å². The maximum atomic E-state index is 13.2. The van der Waals surface area contributed by atoms with Crippen molar-refractivity contribution in [2.75, 3.05) is 20.3 Å². The van der Waals surface area contributed by atoms with Gasteiger partial charge >= 0.3 is 0 Å². The van der Waals surface area contributed by atoms with Gasteiger partial charge < -0.3 is 19.7 Å². The van der Waals surface area contributed by atoms with Gasteiger partial charge in [0.25, 0.3) is 5.91 Å². The number of hydrogen-bond donors (Lipinski definition) is 1. The molecule has 1 N–H and O–H groups in total. The zero-order chi connectivity index (χ0) is 24.6. The molecule has 0 saturated heterocycles. The molecule has 0 aliphatic carbocycles. The van der Waals surface area contributed by atoms with E-state index in [9.17, 15) is 9.59 Å². The Morgan fingerprint density at radius 1 is 1.00 bits per heavy atom. The zero-order valence-electron chi connectivity index (χ0n) is 21.0. The van der Waals surface area contributed by atoms with Gasteiger partial charge in [0.15, 0.2) is 6.61 Å². The maximum absolute atomic E-state index is 13.2. The van der Waals surface area contributed by atoms with Gasteiger partial charge in [0.1, 0.15) is 17.5 Å². The first-order valence-corrected chi connectivity index (χ1v) is 11.4. The lowest BCUT2D eigenvalue weighted by Crippen LogP contribution is -2.49. The van der Waals surface area contributed by atoms with Crippen molar-refractivity contribution in [3.8, 4) is 11.5 Å². The van der Waals surface area contributed by atoms with E-state index in [-0.39, 0.29) is 30.4 Å². The Labute approximate surface area is 198 Å². The Balaban J connectivity index is 2.14. The van der Waals surface area contributed by atoms with Crippen LogP contribution in [0.15, 0.2) is 48.5 Å². The largest absolute Gasteiger partial charge is 0.497 e. The van der Waals surface area contributed by atoms with Crippen LogP contribution in [-0.2, 0) is 21.5 Å². The second-order valence-electron chi connectivity index (χ2n) is 9.75. The molecule has 0 fully saturated rings. The molecule has 2 aromatic carbocycles. The van der Waals surface area contributed by atoms with Gasteiger partial charge in [-0.3, -0.25) is 9.59 Å². The topological polar surface area (TPSA) is 67.9 Å². The fourth-order valence-corrected chi connectivity index (χ4v) is 3.28. The number of rotatable bonds is 10. The molecule has 180 valence electrons. The molecule has 1 unspecified atom stereocenters. The third-order valence-electron chi connectivity index (χ3n) is 5.42. The molecular formula is C27H38N2O4. The second-order valence-corrected chi connectivity index (χ2v) is 9.75. The van der Waals surface area contributed by atoms with Crippen LogP contribution in [0.25, 0.3) is 0 Å². The fraction of sp³-hybridized carbons (Fsp3) is 0.481. The average molecular weight is 455 g/mol. The van der Waals surface area contributed by atoms with Gasteiger partial charge in [0.2, 0.25) is 5.91 Å². The van der Waals surface area contributed by atoms with Crippen molar-refractivity contribution in [2.45, 2.75) is 59.5 Å². The number of carbonyl (C=O) groups is 2. The van der Waals surface area contributed by atoms with E-state index in [1.807, 2.05) is 62.4 Å². The van der Waals surface area contributed by atoms with Crippen LogP contribution in [0.1, 0.15) is 52.7 Å². The van der Waals surface area contributed by atoms with Crippen LogP contribution >= 0.6 is 0 Å². The SMILES string of the molecule is COc1cccc(CN(C(=O)COc2ccc(C(C)(C)C)cc2)C(C)C(=O)NCC(C)C)c1. The highest BCUT2D eigenvalue weighted by Crippen LogP contribution is 2.24. The summed E-state index contributed by atoms with van der Waals surface area (Å²) in [5.41, 5.74) is 2.11. The summed E-state index contributed by atoms with van der Waals surface area (Å²) in [7, 11) is 1.60. The molecule has 6 heteroatoms. The van der Waals surface area contributed by atoms with Crippen LogP contribution < -0.4 is 14.8 Å². The Morgan fingerprint density at radius 2 is 1.67 bits per heavy atom. The third-order valence-corrected chi connectivity index (χ3v) is 5.42. The van der Waals surface area contributed by atoms with Gasteiger partial charge in [-0.05, 0) is 53.6 Å². The van der Waals surface area contributed by atoms with Crippen LogP contribution in [0.2, 0.25) is 0 Å². The van der Waals surface area contributed by atoms with Gasteiger partial charge in [-0.25, -0.2) is 0 Å². The molecule has 6 nitrogen and oxygen atoms in total.